The Balaban J connectivity index is 3.29. The number of nitrogens with one attached hydrogen (secondary N) is 2. The maximum Gasteiger partial charge on any atom is 0.0716 e. The van der Waals surface area contributed by atoms with Crippen molar-refractivity contribution in [2.75, 3.05) is 33.4 Å². The minimum Gasteiger partial charge on any atom is -0.380 e. The highest BCUT2D eigenvalue weighted by Crippen LogP contribution is 2.00. The molecule has 0 rings (SSSR count). The van der Waals surface area contributed by atoms with Crippen LogP contribution < -0.4 is 10.8 Å². The van der Waals surface area contributed by atoms with Crippen molar-refractivity contribution in [2.24, 2.45) is 5.92 Å². The molecule has 0 aliphatic carbocycles. The molecule has 0 fully saturated rings. The largest absolute Gasteiger partial charge is 0.380 e. The Morgan fingerprint density at radius 2 is 2.00 bits per heavy atom. The number of hydrogen-bond donors (Lipinski definition) is 2. The van der Waals surface area contributed by atoms with Gasteiger partial charge in [0.05, 0.1) is 12.7 Å². The Hall–Kier alpha value is -0.160. The van der Waals surface area contributed by atoms with E-state index >= 15 is 0 Å². The summed E-state index contributed by atoms with van der Waals surface area (Å²) in [7, 11) is 1.73. The molecule has 0 spiro atoms. The summed E-state index contributed by atoms with van der Waals surface area (Å²) in [5, 5.41) is 3.31. The van der Waals surface area contributed by atoms with E-state index in [2.05, 4.69) is 31.6 Å². The van der Waals surface area contributed by atoms with Crippen LogP contribution in [0.3, 0.4) is 0 Å². The van der Waals surface area contributed by atoms with Crippen LogP contribution >= 0.6 is 0 Å². The molecule has 0 radical (unpaired) electrons. The van der Waals surface area contributed by atoms with E-state index < -0.39 is 0 Å². The molecule has 4 heteroatoms. The van der Waals surface area contributed by atoms with Gasteiger partial charge in [-0.15, -0.1) is 0 Å². The Morgan fingerprint density at radius 1 is 1.25 bits per heavy atom. The van der Waals surface area contributed by atoms with Crippen LogP contribution in [-0.4, -0.2) is 39.5 Å². The van der Waals surface area contributed by atoms with Crippen LogP contribution in [-0.2, 0) is 9.57 Å². The molecule has 4 nitrogen and oxygen atoms in total. The fourth-order valence-corrected chi connectivity index (χ4v) is 1.36. The van der Waals surface area contributed by atoms with Crippen LogP contribution in [0.4, 0.5) is 0 Å². The number of ether oxygens (including phenoxy) is 1. The van der Waals surface area contributed by atoms with Gasteiger partial charge in [-0.25, -0.2) is 0 Å². The predicted molar refractivity (Wildman–Crippen MR) is 67.4 cm³/mol. The van der Waals surface area contributed by atoms with E-state index in [9.17, 15) is 0 Å². The molecule has 2 N–H and O–H groups in total. The first-order valence-corrected chi connectivity index (χ1v) is 6.32. The molecule has 2 atom stereocenters. The quantitative estimate of drug-likeness (QED) is 0.419. The average Bonchev–Trinajstić information content (AvgIpc) is 2.30. The van der Waals surface area contributed by atoms with Crippen molar-refractivity contribution < 1.29 is 9.57 Å². The summed E-state index contributed by atoms with van der Waals surface area (Å²) in [6.45, 7) is 10.0. The summed E-state index contributed by atoms with van der Waals surface area (Å²) in [6.07, 6.45) is 2.40. The van der Waals surface area contributed by atoms with Gasteiger partial charge < -0.3 is 14.9 Å². The fraction of sp³-hybridized carbons (Fsp3) is 1.00. The number of methoxy groups -OCH3 is 1. The van der Waals surface area contributed by atoms with Gasteiger partial charge in [0, 0.05) is 13.7 Å². The molecule has 0 bridgehead atoms. The molecule has 0 aromatic heterocycles. The Morgan fingerprint density at radius 3 is 2.56 bits per heavy atom. The van der Waals surface area contributed by atoms with Gasteiger partial charge in [-0.05, 0) is 31.8 Å². The molecule has 0 saturated heterocycles. The van der Waals surface area contributed by atoms with Gasteiger partial charge in [0.15, 0.2) is 0 Å². The molecule has 0 saturated carbocycles. The third-order valence-electron chi connectivity index (χ3n) is 2.63. The molecular formula is C12H28N2O2. The lowest BCUT2D eigenvalue weighted by molar-refractivity contribution is -0.0130. The molecular weight excluding hydrogens is 204 g/mol. The van der Waals surface area contributed by atoms with Crippen molar-refractivity contribution in [3.63, 3.8) is 0 Å². The third kappa shape index (κ3) is 9.09. The van der Waals surface area contributed by atoms with Crippen molar-refractivity contribution >= 4 is 0 Å². The van der Waals surface area contributed by atoms with Crippen molar-refractivity contribution in [1.82, 2.24) is 10.8 Å². The second kappa shape index (κ2) is 11.3. The van der Waals surface area contributed by atoms with Gasteiger partial charge >= 0.3 is 0 Å². The van der Waals surface area contributed by atoms with Crippen molar-refractivity contribution in [2.45, 2.75) is 39.7 Å². The first-order valence-electron chi connectivity index (χ1n) is 6.32. The molecule has 0 aromatic rings. The summed E-state index contributed by atoms with van der Waals surface area (Å²) in [5.41, 5.74) is 2.96. The SMILES string of the molecule is CCNCCC(C)CONCC(CC)OC. The fourth-order valence-electron chi connectivity index (χ4n) is 1.36. The zero-order valence-electron chi connectivity index (χ0n) is 11.2. The van der Waals surface area contributed by atoms with Crippen LogP contribution in [0.25, 0.3) is 0 Å². The van der Waals surface area contributed by atoms with Crippen LogP contribution in [0.5, 0.6) is 0 Å². The minimum atomic E-state index is 0.247. The van der Waals surface area contributed by atoms with Crippen molar-refractivity contribution in [3.8, 4) is 0 Å². The second-order valence-electron chi connectivity index (χ2n) is 4.17. The van der Waals surface area contributed by atoms with Gasteiger partial charge in [-0.2, -0.15) is 5.48 Å². The number of hydrogen-bond acceptors (Lipinski definition) is 4. The van der Waals surface area contributed by atoms with Gasteiger partial charge in [0.1, 0.15) is 0 Å². The predicted octanol–water partition coefficient (Wildman–Crippen LogP) is 1.57. The van der Waals surface area contributed by atoms with Crippen molar-refractivity contribution in [3.05, 3.63) is 0 Å². The van der Waals surface area contributed by atoms with E-state index in [1.54, 1.807) is 7.11 Å². The molecule has 16 heavy (non-hydrogen) atoms. The summed E-state index contributed by atoms with van der Waals surface area (Å²) in [4.78, 5) is 5.40. The maximum absolute atomic E-state index is 5.40. The summed E-state index contributed by atoms with van der Waals surface area (Å²) >= 11 is 0. The highest BCUT2D eigenvalue weighted by atomic mass is 16.6. The van der Waals surface area contributed by atoms with Crippen molar-refractivity contribution in [1.29, 1.82) is 0 Å². The highest BCUT2D eigenvalue weighted by Gasteiger charge is 2.05. The zero-order chi connectivity index (χ0) is 12.2. The van der Waals surface area contributed by atoms with Crippen LogP contribution in [0.1, 0.15) is 33.6 Å². The lowest BCUT2D eigenvalue weighted by Gasteiger charge is -2.16. The van der Waals surface area contributed by atoms with Gasteiger partial charge in [0.2, 0.25) is 0 Å². The second-order valence-corrected chi connectivity index (χ2v) is 4.17. The maximum atomic E-state index is 5.40. The molecule has 98 valence electrons. The molecule has 0 aliphatic heterocycles. The van der Waals surface area contributed by atoms with E-state index in [-0.39, 0.29) is 6.10 Å². The number of hydroxylamine groups is 1. The molecule has 0 aliphatic rings. The van der Waals surface area contributed by atoms with E-state index in [1.165, 1.54) is 0 Å². The van der Waals surface area contributed by atoms with Crippen LogP contribution in [0.2, 0.25) is 0 Å². The third-order valence-corrected chi connectivity index (χ3v) is 2.63. The van der Waals surface area contributed by atoms with Crippen LogP contribution in [0, 0.1) is 5.92 Å². The molecule has 0 heterocycles. The van der Waals surface area contributed by atoms with E-state index in [0.717, 1.165) is 39.1 Å². The summed E-state index contributed by atoms with van der Waals surface area (Å²) in [6, 6.07) is 0. The Kier molecular flexibility index (Phi) is 11.2. The standard InChI is InChI=1S/C12H28N2O2/c1-5-12(15-4)9-14-16-10-11(3)7-8-13-6-2/h11-14H,5-10H2,1-4H3. The molecule has 0 aromatic carbocycles. The first-order chi connectivity index (χ1) is 7.74. The van der Waals surface area contributed by atoms with Gasteiger partial charge in [0.25, 0.3) is 0 Å². The van der Waals surface area contributed by atoms with E-state index in [0.29, 0.717) is 5.92 Å². The average molecular weight is 232 g/mol. The number of rotatable bonds is 11. The summed E-state index contributed by atoms with van der Waals surface area (Å²) in [5.74, 6) is 0.578. The zero-order valence-corrected chi connectivity index (χ0v) is 11.2. The van der Waals surface area contributed by atoms with E-state index in [4.69, 9.17) is 9.57 Å². The Labute approximate surface area is 100 Å². The van der Waals surface area contributed by atoms with Gasteiger partial charge in [-0.3, -0.25) is 0 Å². The van der Waals surface area contributed by atoms with E-state index in [1.807, 2.05) is 0 Å². The molecule has 0 amide bonds. The lowest BCUT2D eigenvalue weighted by atomic mass is 10.1. The van der Waals surface area contributed by atoms with Gasteiger partial charge in [-0.1, -0.05) is 20.8 Å². The topological polar surface area (TPSA) is 42.5 Å². The summed E-state index contributed by atoms with van der Waals surface area (Å²) < 4.78 is 5.23. The first kappa shape index (κ1) is 15.8. The molecule has 2 unspecified atom stereocenters. The Bertz CT molecular complexity index is 141. The lowest BCUT2D eigenvalue weighted by Crippen LogP contribution is -2.29. The normalized spacial score (nSPS) is 15.0. The monoisotopic (exact) mass is 232 g/mol. The smallest absolute Gasteiger partial charge is 0.0716 e. The highest BCUT2D eigenvalue weighted by molar-refractivity contribution is 4.56. The van der Waals surface area contributed by atoms with Crippen LogP contribution in [0.15, 0.2) is 0 Å². The minimum absolute atomic E-state index is 0.247.